The molecule has 2 N–H and O–H groups in total. The van der Waals surface area contributed by atoms with Crippen molar-refractivity contribution in [2.45, 2.75) is 19.5 Å². The summed E-state index contributed by atoms with van der Waals surface area (Å²) < 4.78 is 2.02. The maximum absolute atomic E-state index is 4.23. The first-order chi connectivity index (χ1) is 8.83. The molecule has 0 saturated carbocycles. The third-order valence-corrected chi connectivity index (χ3v) is 2.65. The number of H-pyrrole nitrogens is 1. The van der Waals surface area contributed by atoms with Crippen molar-refractivity contribution in [3.8, 4) is 0 Å². The van der Waals surface area contributed by atoms with Gasteiger partial charge in [0.2, 0.25) is 0 Å². The largest absolute Gasteiger partial charge is 0.364 e. The number of aromatic nitrogens is 6. The van der Waals surface area contributed by atoms with Crippen molar-refractivity contribution in [3.63, 3.8) is 0 Å². The highest BCUT2D eigenvalue weighted by atomic mass is 15.1. The molecule has 0 fully saturated rings. The Labute approximate surface area is 103 Å². The summed E-state index contributed by atoms with van der Waals surface area (Å²) in [6.45, 7) is 2.91. The Morgan fingerprint density at radius 2 is 2.33 bits per heavy atom. The van der Waals surface area contributed by atoms with Gasteiger partial charge in [-0.05, 0) is 6.92 Å². The Kier molecular flexibility index (Phi) is 2.64. The molecule has 7 heteroatoms. The van der Waals surface area contributed by atoms with Crippen molar-refractivity contribution < 1.29 is 0 Å². The van der Waals surface area contributed by atoms with Gasteiger partial charge in [-0.3, -0.25) is 0 Å². The number of imidazole rings is 2. The normalized spacial score (nSPS) is 12.7. The molecule has 0 saturated heterocycles. The molecule has 92 valence electrons. The Morgan fingerprint density at radius 1 is 1.39 bits per heavy atom. The molecule has 0 aliphatic heterocycles. The lowest BCUT2D eigenvalue weighted by Gasteiger charge is -2.14. The maximum atomic E-state index is 4.23. The number of fused-ring (bicyclic) bond motifs is 1. The molecule has 0 amide bonds. The second kappa shape index (κ2) is 4.44. The number of aromatic amines is 1. The van der Waals surface area contributed by atoms with E-state index in [2.05, 4.69) is 37.2 Å². The molecule has 1 unspecified atom stereocenters. The number of hydrogen-bond donors (Lipinski definition) is 2. The van der Waals surface area contributed by atoms with Gasteiger partial charge in [0, 0.05) is 25.0 Å². The molecule has 0 aliphatic carbocycles. The van der Waals surface area contributed by atoms with Crippen molar-refractivity contribution in [1.29, 1.82) is 0 Å². The van der Waals surface area contributed by atoms with Gasteiger partial charge in [-0.2, -0.15) is 0 Å². The zero-order chi connectivity index (χ0) is 12.4. The lowest BCUT2D eigenvalue weighted by molar-refractivity contribution is 0.617. The summed E-state index contributed by atoms with van der Waals surface area (Å²) in [6.07, 6.45) is 8.62. The highest BCUT2D eigenvalue weighted by Gasteiger charge is 2.09. The summed E-state index contributed by atoms with van der Waals surface area (Å²) in [6, 6.07) is 0.223. The number of rotatable bonds is 4. The molecule has 3 rings (SSSR count). The third kappa shape index (κ3) is 2.02. The molecule has 7 nitrogen and oxygen atoms in total. The van der Waals surface area contributed by atoms with E-state index >= 15 is 0 Å². The number of nitrogens with zero attached hydrogens (tertiary/aromatic N) is 5. The summed E-state index contributed by atoms with van der Waals surface area (Å²) in [4.78, 5) is 19.5. The zero-order valence-electron chi connectivity index (χ0n) is 9.91. The van der Waals surface area contributed by atoms with Gasteiger partial charge >= 0.3 is 0 Å². The van der Waals surface area contributed by atoms with E-state index in [0.29, 0.717) is 5.65 Å². The van der Waals surface area contributed by atoms with Gasteiger partial charge in [-0.15, -0.1) is 0 Å². The molecule has 3 aromatic heterocycles. The third-order valence-electron chi connectivity index (χ3n) is 2.65. The Hall–Kier alpha value is -2.44. The summed E-state index contributed by atoms with van der Waals surface area (Å²) in [7, 11) is 0. The predicted octanol–water partition coefficient (Wildman–Crippen LogP) is 1.05. The van der Waals surface area contributed by atoms with Crippen LogP contribution < -0.4 is 5.32 Å². The molecule has 0 radical (unpaired) electrons. The van der Waals surface area contributed by atoms with Gasteiger partial charge < -0.3 is 14.9 Å². The molecule has 0 bridgehead atoms. The van der Waals surface area contributed by atoms with Crippen LogP contribution in [0.1, 0.15) is 6.92 Å². The fraction of sp³-hybridized carbons (Fsp3) is 0.273. The molecule has 1 atom stereocenters. The first-order valence-corrected chi connectivity index (χ1v) is 5.69. The van der Waals surface area contributed by atoms with E-state index in [1.54, 1.807) is 18.9 Å². The monoisotopic (exact) mass is 243 g/mol. The van der Waals surface area contributed by atoms with Crippen molar-refractivity contribution in [1.82, 2.24) is 29.5 Å². The Morgan fingerprint density at radius 3 is 3.17 bits per heavy atom. The molecule has 3 heterocycles. The van der Waals surface area contributed by atoms with Crippen molar-refractivity contribution in [2.24, 2.45) is 0 Å². The van der Waals surface area contributed by atoms with Gasteiger partial charge in [-0.25, -0.2) is 19.9 Å². The maximum Gasteiger partial charge on any atom is 0.182 e. The van der Waals surface area contributed by atoms with Gasteiger partial charge in [-0.1, -0.05) is 0 Å². The predicted molar refractivity (Wildman–Crippen MR) is 67.0 cm³/mol. The highest BCUT2D eigenvalue weighted by molar-refractivity contribution is 5.81. The van der Waals surface area contributed by atoms with Crippen LogP contribution in [0.3, 0.4) is 0 Å². The molecule has 0 aliphatic rings. The van der Waals surface area contributed by atoms with E-state index in [4.69, 9.17) is 0 Å². The smallest absolute Gasteiger partial charge is 0.182 e. The van der Waals surface area contributed by atoms with Crippen LogP contribution in [0.4, 0.5) is 5.82 Å². The van der Waals surface area contributed by atoms with Crippen molar-refractivity contribution in [3.05, 3.63) is 31.4 Å². The minimum Gasteiger partial charge on any atom is -0.364 e. The molecule has 3 aromatic rings. The molecule has 18 heavy (non-hydrogen) atoms. The number of nitrogens with one attached hydrogen (secondary N) is 2. The van der Waals surface area contributed by atoms with E-state index in [0.717, 1.165) is 17.9 Å². The van der Waals surface area contributed by atoms with E-state index in [1.807, 2.05) is 10.8 Å². The average molecular weight is 243 g/mol. The van der Waals surface area contributed by atoms with Gasteiger partial charge in [0.25, 0.3) is 0 Å². The molecular weight excluding hydrogens is 230 g/mol. The van der Waals surface area contributed by atoms with Gasteiger partial charge in [0.1, 0.15) is 11.8 Å². The minimum atomic E-state index is 0.223. The average Bonchev–Trinajstić information content (AvgIpc) is 2.99. The van der Waals surface area contributed by atoms with E-state index in [-0.39, 0.29) is 6.04 Å². The van der Waals surface area contributed by atoms with Crippen molar-refractivity contribution in [2.75, 3.05) is 5.32 Å². The van der Waals surface area contributed by atoms with E-state index in [9.17, 15) is 0 Å². The molecule has 0 spiro atoms. The quantitative estimate of drug-likeness (QED) is 0.715. The lowest BCUT2D eigenvalue weighted by Crippen LogP contribution is -2.22. The first kappa shape index (κ1) is 10.7. The summed E-state index contributed by atoms with van der Waals surface area (Å²) >= 11 is 0. The standard InChI is InChI=1S/C11H13N7/c1-8(4-18-3-2-12-7-18)17-11-9-10(14-5-13-9)15-6-16-11/h2-3,5-8H,4H2,1H3,(H2,13,14,15,16,17). The minimum absolute atomic E-state index is 0.223. The van der Waals surface area contributed by atoms with Crippen LogP contribution in [0.2, 0.25) is 0 Å². The molecule has 0 aromatic carbocycles. The second-order valence-corrected chi connectivity index (χ2v) is 4.13. The fourth-order valence-corrected chi connectivity index (χ4v) is 1.86. The van der Waals surface area contributed by atoms with Crippen LogP contribution in [0.15, 0.2) is 31.4 Å². The van der Waals surface area contributed by atoms with E-state index < -0.39 is 0 Å². The number of hydrogen-bond acceptors (Lipinski definition) is 5. The second-order valence-electron chi connectivity index (χ2n) is 4.13. The first-order valence-electron chi connectivity index (χ1n) is 5.69. The van der Waals surface area contributed by atoms with E-state index in [1.165, 1.54) is 6.33 Å². The van der Waals surface area contributed by atoms with Crippen LogP contribution in [-0.2, 0) is 6.54 Å². The topological polar surface area (TPSA) is 84.3 Å². The van der Waals surface area contributed by atoms with Crippen molar-refractivity contribution >= 4 is 17.0 Å². The fourth-order valence-electron chi connectivity index (χ4n) is 1.86. The van der Waals surface area contributed by atoms with Crippen LogP contribution in [-0.4, -0.2) is 35.5 Å². The summed E-state index contributed by atoms with van der Waals surface area (Å²) in [5.41, 5.74) is 1.50. The van der Waals surface area contributed by atoms with Gasteiger partial charge in [0.05, 0.1) is 12.7 Å². The van der Waals surface area contributed by atoms with Crippen LogP contribution in [0.5, 0.6) is 0 Å². The van der Waals surface area contributed by atoms with Crippen LogP contribution >= 0.6 is 0 Å². The summed E-state index contributed by atoms with van der Waals surface area (Å²) in [5.74, 6) is 0.769. The Balaban J connectivity index is 1.77. The zero-order valence-corrected chi connectivity index (χ0v) is 9.91. The lowest BCUT2D eigenvalue weighted by atomic mass is 10.3. The van der Waals surface area contributed by atoms with Crippen LogP contribution in [0, 0.1) is 0 Å². The summed E-state index contributed by atoms with van der Waals surface area (Å²) in [5, 5.41) is 3.34. The SMILES string of the molecule is CC(Cn1ccnc1)Nc1ncnc2nc[nH]c12. The molecular formula is C11H13N7. The number of anilines is 1. The highest BCUT2D eigenvalue weighted by Crippen LogP contribution is 2.15. The van der Waals surface area contributed by atoms with Crippen LogP contribution in [0.25, 0.3) is 11.2 Å². The van der Waals surface area contributed by atoms with Gasteiger partial charge in [0.15, 0.2) is 11.5 Å². The Bertz CT molecular complexity index is 628.